The van der Waals surface area contributed by atoms with Gasteiger partial charge in [-0.3, -0.25) is 0 Å². The minimum Gasteiger partial charge on any atom is -0.379 e. The first-order chi connectivity index (χ1) is 7.93. The highest BCUT2D eigenvalue weighted by molar-refractivity contribution is 5.42. The molecule has 84 valence electrons. The van der Waals surface area contributed by atoms with Crippen LogP contribution in [0.25, 0.3) is 5.65 Å². The van der Waals surface area contributed by atoms with E-state index in [1.54, 1.807) is 0 Å². The van der Waals surface area contributed by atoms with Crippen molar-refractivity contribution in [1.29, 1.82) is 0 Å². The fourth-order valence-electron chi connectivity index (χ4n) is 2.07. The van der Waals surface area contributed by atoms with Gasteiger partial charge in [-0.25, -0.2) is 4.98 Å². The summed E-state index contributed by atoms with van der Waals surface area (Å²) in [5.41, 5.74) is 2.24. The Morgan fingerprint density at radius 1 is 1.44 bits per heavy atom. The highest BCUT2D eigenvalue weighted by Crippen LogP contribution is 2.16. The molecule has 16 heavy (non-hydrogen) atoms. The van der Waals surface area contributed by atoms with Crippen molar-refractivity contribution in [2.45, 2.75) is 12.5 Å². The lowest BCUT2D eigenvalue weighted by atomic mass is 10.1. The van der Waals surface area contributed by atoms with Crippen molar-refractivity contribution in [3.63, 3.8) is 0 Å². The second kappa shape index (κ2) is 4.23. The molecular weight excluding hydrogens is 202 g/mol. The fraction of sp³-hybridized carbons (Fsp3) is 0.417. The van der Waals surface area contributed by atoms with Gasteiger partial charge in [0.25, 0.3) is 0 Å². The summed E-state index contributed by atoms with van der Waals surface area (Å²) in [6.07, 6.45) is 6.90. The second-order valence-electron chi connectivity index (χ2n) is 4.09. The largest absolute Gasteiger partial charge is 0.379 e. The molecule has 1 aliphatic heterocycles. The van der Waals surface area contributed by atoms with Crippen molar-refractivity contribution in [3.8, 4) is 0 Å². The molecule has 3 heterocycles. The molecule has 4 nitrogen and oxygen atoms in total. The van der Waals surface area contributed by atoms with Gasteiger partial charge in [-0.2, -0.15) is 0 Å². The number of hydrogen-bond donors (Lipinski definition) is 1. The quantitative estimate of drug-likeness (QED) is 0.784. The molecule has 0 amide bonds. The zero-order valence-corrected chi connectivity index (χ0v) is 9.10. The van der Waals surface area contributed by atoms with Gasteiger partial charge in [0.15, 0.2) is 0 Å². The molecule has 0 radical (unpaired) electrons. The maximum Gasteiger partial charge on any atom is 0.136 e. The smallest absolute Gasteiger partial charge is 0.136 e. The van der Waals surface area contributed by atoms with Crippen molar-refractivity contribution in [3.05, 3.63) is 36.3 Å². The molecule has 3 rings (SSSR count). The van der Waals surface area contributed by atoms with Crippen LogP contribution < -0.4 is 5.32 Å². The van der Waals surface area contributed by atoms with Crippen LogP contribution in [0.5, 0.6) is 0 Å². The molecule has 4 heteroatoms. The average molecular weight is 217 g/mol. The molecule has 0 aromatic carbocycles. The number of ether oxygens (including phenoxy) is 1. The van der Waals surface area contributed by atoms with Crippen LogP contribution in [0.4, 0.5) is 0 Å². The van der Waals surface area contributed by atoms with E-state index >= 15 is 0 Å². The molecule has 1 N–H and O–H groups in total. The Labute approximate surface area is 94.3 Å². The molecule has 1 saturated heterocycles. The molecule has 0 bridgehead atoms. The van der Waals surface area contributed by atoms with E-state index in [9.17, 15) is 0 Å². The molecular formula is C12H15N3O. The Morgan fingerprint density at radius 3 is 3.44 bits per heavy atom. The molecule has 1 unspecified atom stereocenters. The van der Waals surface area contributed by atoms with Gasteiger partial charge in [0.2, 0.25) is 0 Å². The Kier molecular flexibility index (Phi) is 2.60. The number of nitrogens with one attached hydrogen (secondary N) is 1. The number of imidazole rings is 1. The standard InChI is InChI=1S/C12H15N3O/c1-3-13-11(9-16-7-1)10-2-5-15-6-4-14-12(15)8-10/h2,4-6,8,11,13H,1,3,7,9H2. The maximum atomic E-state index is 5.57. The van der Waals surface area contributed by atoms with Gasteiger partial charge in [-0.05, 0) is 30.7 Å². The summed E-state index contributed by atoms with van der Waals surface area (Å²) in [6, 6.07) is 4.54. The summed E-state index contributed by atoms with van der Waals surface area (Å²) in [7, 11) is 0. The number of fused-ring (bicyclic) bond motifs is 1. The summed E-state index contributed by atoms with van der Waals surface area (Å²) in [5.74, 6) is 0. The van der Waals surface area contributed by atoms with Crippen LogP contribution >= 0.6 is 0 Å². The van der Waals surface area contributed by atoms with Crippen molar-refractivity contribution in [2.24, 2.45) is 0 Å². The van der Waals surface area contributed by atoms with E-state index in [-0.39, 0.29) is 0 Å². The third kappa shape index (κ3) is 1.81. The van der Waals surface area contributed by atoms with E-state index in [2.05, 4.69) is 22.4 Å². The van der Waals surface area contributed by atoms with Crippen LogP contribution in [-0.4, -0.2) is 29.1 Å². The first-order valence-corrected chi connectivity index (χ1v) is 5.67. The van der Waals surface area contributed by atoms with E-state index in [4.69, 9.17) is 4.74 Å². The number of aromatic nitrogens is 2. The van der Waals surface area contributed by atoms with E-state index in [1.165, 1.54) is 5.56 Å². The van der Waals surface area contributed by atoms with Crippen LogP contribution in [0.1, 0.15) is 18.0 Å². The molecule has 1 atom stereocenters. The van der Waals surface area contributed by atoms with Gasteiger partial charge >= 0.3 is 0 Å². The summed E-state index contributed by atoms with van der Waals surface area (Å²) in [5, 5.41) is 3.49. The summed E-state index contributed by atoms with van der Waals surface area (Å²) < 4.78 is 7.58. The lowest BCUT2D eigenvalue weighted by Gasteiger charge is -2.15. The summed E-state index contributed by atoms with van der Waals surface area (Å²) >= 11 is 0. The Bertz CT molecular complexity index is 472. The van der Waals surface area contributed by atoms with E-state index in [1.807, 2.05) is 23.0 Å². The summed E-state index contributed by atoms with van der Waals surface area (Å²) in [4.78, 5) is 4.29. The van der Waals surface area contributed by atoms with Crippen molar-refractivity contribution >= 4 is 5.65 Å². The molecule has 0 saturated carbocycles. The zero-order valence-electron chi connectivity index (χ0n) is 9.10. The van der Waals surface area contributed by atoms with E-state index in [0.29, 0.717) is 6.04 Å². The van der Waals surface area contributed by atoms with E-state index < -0.39 is 0 Å². The minimum atomic E-state index is 0.296. The SMILES string of the molecule is c1cn2ccc(C3COCCCN3)cc2n1. The molecule has 2 aromatic rings. The second-order valence-corrected chi connectivity index (χ2v) is 4.09. The first kappa shape index (κ1) is 9.81. The van der Waals surface area contributed by atoms with Crippen LogP contribution in [-0.2, 0) is 4.74 Å². The van der Waals surface area contributed by atoms with Gasteiger partial charge in [-0.1, -0.05) is 0 Å². The lowest BCUT2D eigenvalue weighted by molar-refractivity contribution is 0.131. The molecule has 2 aromatic heterocycles. The maximum absolute atomic E-state index is 5.57. The normalized spacial score (nSPS) is 22.1. The number of hydrogen-bond acceptors (Lipinski definition) is 3. The third-order valence-corrected chi connectivity index (χ3v) is 2.97. The monoisotopic (exact) mass is 217 g/mol. The Morgan fingerprint density at radius 2 is 2.44 bits per heavy atom. The third-order valence-electron chi connectivity index (χ3n) is 2.97. The van der Waals surface area contributed by atoms with Gasteiger partial charge in [0.1, 0.15) is 5.65 Å². The van der Waals surface area contributed by atoms with Crippen LogP contribution in [0.15, 0.2) is 30.7 Å². The Hall–Kier alpha value is -1.39. The topological polar surface area (TPSA) is 38.6 Å². The minimum absolute atomic E-state index is 0.296. The van der Waals surface area contributed by atoms with Gasteiger partial charge in [0, 0.05) is 25.2 Å². The van der Waals surface area contributed by atoms with Gasteiger partial charge in [0.05, 0.1) is 12.6 Å². The molecule has 1 aliphatic rings. The average Bonchev–Trinajstić information content (AvgIpc) is 2.61. The fourth-order valence-corrected chi connectivity index (χ4v) is 2.07. The van der Waals surface area contributed by atoms with Crippen molar-refractivity contribution in [1.82, 2.24) is 14.7 Å². The molecule has 1 fully saturated rings. The summed E-state index contributed by atoms with van der Waals surface area (Å²) in [6.45, 7) is 2.62. The lowest BCUT2D eigenvalue weighted by Crippen LogP contribution is -2.23. The zero-order chi connectivity index (χ0) is 10.8. The highest BCUT2D eigenvalue weighted by atomic mass is 16.5. The molecule has 0 aliphatic carbocycles. The van der Waals surface area contributed by atoms with Gasteiger partial charge < -0.3 is 14.5 Å². The highest BCUT2D eigenvalue weighted by Gasteiger charge is 2.14. The van der Waals surface area contributed by atoms with Crippen molar-refractivity contribution < 1.29 is 4.74 Å². The van der Waals surface area contributed by atoms with Crippen LogP contribution in [0.3, 0.4) is 0 Å². The van der Waals surface area contributed by atoms with Crippen molar-refractivity contribution in [2.75, 3.05) is 19.8 Å². The predicted molar refractivity (Wildman–Crippen MR) is 61.4 cm³/mol. The number of rotatable bonds is 1. The van der Waals surface area contributed by atoms with E-state index in [0.717, 1.165) is 31.8 Å². The van der Waals surface area contributed by atoms with Gasteiger partial charge in [-0.15, -0.1) is 0 Å². The first-order valence-electron chi connectivity index (χ1n) is 5.67. The number of pyridine rings is 1. The number of nitrogens with zero attached hydrogens (tertiary/aromatic N) is 2. The Balaban J connectivity index is 1.91. The van der Waals surface area contributed by atoms with Crippen LogP contribution in [0.2, 0.25) is 0 Å². The molecule has 0 spiro atoms. The predicted octanol–water partition coefficient (Wildman–Crippen LogP) is 1.39. The van der Waals surface area contributed by atoms with Crippen LogP contribution in [0, 0.1) is 0 Å².